The monoisotopic (exact) mass is 391 g/mol. The lowest BCUT2D eigenvalue weighted by atomic mass is 10.1. The number of ketones is 1. The van der Waals surface area contributed by atoms with Crippen LogP contribution in [0, 0.1) is 0 Å². The van der Waals surface area contributed by atoms with E-state index in [0.29, 0.717) is 48.9 Å². The number of nitrogens with zero attached hydrogens (tertiary/aromatic N) is 1. The van der Waals surface area contributed by atoms with Crippen molar-refractivity contribution >= 4 is 11.8 Å². The number of carboxylic acid groups (broad SMARTS) is 1. The zero-order valence-corrected chi connectivity index (χ0v) is 15.8. The number of fused-ring (bicyclic) bond motifs is 1. The van der Waals surface area contributed by atoms with Crippen molar-refractivity contribution in [2.24, 2.45) is 0 Å². The van der Waals surface area contributed by atoms with Crippen LogP contribution < -0.4 is 9.47 Å². The van der Waals surface area contributed by atoms with Crippen LogP contribution in [0.5, 0.6) is 11.5 Å². The summed E-state index contributed by atoms with van der Waals surface area (Å²) in [5, 5.41) is 9.29. The molecular formula is C23H21NO5. The van der Waals surface area contributed by atoms with Crippen LogP contribution in [0.1, 0.15) is 34.1 Å². The molecule has 1 N–H and O–H groups in total. The molecule has 0 spiro atoms. The van der Waals surface area contributed by atoms with Gasteiger partial charge in [0.1, 0.15) is 24.7 Å². The van der Waals surface area contributed by atoms with Crippen LogP contribution in [0.25, 0.3) is 0 Å². The molecular weight excluding hydrogens is 370 g/mol. The number of aromatic nitrogens is 1. The molecule has 6 heteroatoms. The van der Waals surface area contributed by atoms with Crippen LogP contribution in [0.4, 0.5) is 0 Å². The van der Waals surface area contributed by atoms with Crippen molar-refractivity contribution in [2.45, 2.75) is 18.9 Å². The van der Waals surface area contributed by atoms with Crippen molar-refractivity contribution in [3.63, 3.8) is 0 Å². The van der Waals surface area contributed by atoms with Gasteiger partial charge in [0.05, 0.1) is 11.6 Å². The van der Waals surface area contributed by atoms with E-state index in [9.17, 15) is 14.7 Å². The van der Waals surface area contributed by atoms with E-state index < -0.39 is 11.9 Å². The first-order chi connectivity index (χ1) is 14.1. The first-order valence-electron chi connectivity index (χ1n) is 9.51. The highest BCUT2D eigenvalue weighted by Gasteiger charge is 2.31. The fraction of sp³-hybridized carbons (Fsp3) is 0.217. The molecule has 0 fully saturated rings. The summed E-state index contributed by atoms with van der Waals surface area (Å²) in [6.07, 6.45) is 0.517. The van der Waals surface area contributed by atoms with E-state index in [1.165, 1.54) is 0 Å². The average Bonchev–Trinajstić information content (AvgIpc) is 3.34. The zero-order valence-electron chi connectivity index (χ0n) is 15.8. The van der Waals surface area contributed by atoms with Crippen LogP contribution in [0.3, 0.4) is 0 Å². The Hall–Kier alpha value is -3.54. The van der Waals surface area contributed by atoms with E-state index in [0.717, 1.165) is 5.75 Å². The molecule has 2 heterocycles. The summed E-state index contributed by atoms with van der Waals surface area (Å²) in [6, 6.07) is 19.9. The maximum Gasteiger partial charge on any atom is 0.312 e. The lowest BCUT2D eigenvalue weighted by Gasteiger charge is -2.09. The molecule has 2 aromatic carbocycles. The summed E-state index contributed by atoms with van der Waals surface area (Å²) in [6.45, 7) is 1.36. The lowest BCUT2D eigenvalue weighted by Crippen LogP contribution is -2.10. The Labute approximate surface area is 168 Å². The molecule has 0 radical (unpaired) electrons. The minimum Gasteiger partial charge on any atom is -0.490 e. The molecule has 3 aromatic rings. The maximum atomic E-state index is 12.8. The Morgan fingerprint density at radius 2 is 1.55 bits per heavy atom. The number of hydrogen-bond donors (Lipinski definition) is 1. The molecule has 0 saturated heterocycles. The van der Waals surface area contributed by atoms with Crippen LogP contribution in [0.15, 0.2) is 66.7 Å². The number of para-hydroxylation sites is 1. The van der Waals surface area contributed by atoms with Crippen LogP contribution in [-0.2, 0) is 11.3 Å². The Morgan fingerprint density at radius 3 is 2.21 bits per heavy atom. The van der Waals surface area contributed by atoms with Crippen molar-refractivity contribution in [1.29, 1.82) is 0 Å². The molecule has 1 aliphatic rings. The summed E-state index contributed by atoms with van der Waals surface area (Å²) in [7, 11) is 0. The van der Waals surface area contributed by atoms with Gasteiger partial charge in [-0.15, -0.1) is 0 Å². The van der Waals surface area contributed by atoms with Crippen molar-refractivity contribution in [2.75, 3.05) is 13.2 Å². The molecule has 0 aliphatic carbocycles. The average molecular weight is 391 g/mol. The number of ether oxygens (including phenoxy) is 2. The standard InChI is InChI=1S/C23H21NO5/c25-22(21-11-10-20-19(23(26)27)12-13-24(20)21)16-6-8-18(9-7-16)29-15-14-28-17-4-2-1-3-5-17/h1-11,19H,12-15H2,(H,26,27). The smallest absolute Gasteiger partial charge is 0.312 e. The van der Waals surface area contributed by atoms with E-state index in [2.05, 4.69) is 0 Å². The molecule has 4 rings (SSSR count). The predicted molar refractivity (Wildman–Crippen MR) is 107 cm³/mol. The first kappa shape index (κ1) is 18.8. The molecule has 148 valence electrons. The fourth-order valence-corrected chi connectivity index (χ4v) is 3.58. The second-order valence-corrected chi connectivity index (χ2v) is 6.84. The summed E-state index contributed by atoms with van der Waals surface area (Å²) in [5.41, 5.74) is 1.76. The molecule has 0 saturated carbocycles. The van der Waals surface area contributed by atoms with Crippen molar-refractivity contribution in [1.82, 2.24) is 4.57 Å². The van der Waals surface area contributed by atoms with Gasteiger partial charge in [0.25, 0.3) is 0 Å². The third kappa shape index (κ3) is 4.01. The molecule has 29 heavy (non-hydrogen) atoms. The molecule has 0 amide bonds. The van der Waals surface area contributed by atoms with Crippen molar-refractivity contribution < 1.29 is 24.2 Å². The number of carbonyl (C=O) groups excluding carboxylic acids is 1. The Kier molecular flexibility index (Phi) is 5.33. The molecule has 1 atom stereocenters. The van der Waals surface area contributed by atoms with Gasteiger partial charge in [-0.3, -0.25) is 9.59 Å². The van der Waals surface area contributed by atoms with E-state index in [1.54, 1.807) is 36.4 Å². The third-order valence-corrected chi connectivity index (χ3v) is 5.02. The summed E-state index contributed by atoms with van der Waals surface area (Å²) < 4.78 is 13.1. The number of carboxylic acids is 1. The lowest BCUT2D eigenvalue weighted by molar-refractivity contribution is -0.138. The van der Waals surface area contributed by atoms with E-state index >= 15 is 0 Å². The summed E-state index contributed by atoms with van der Waals surface area (Å²) in [5.74, 6) is -0.0586. The topological polar surface area (TPSA) is 77.8 Å². The number of hydrogen-bond acceptors (Lipinski definition) is 4. The SMILES string of the molecule is O=C(c1ccc(OCCOc2ccccc2)cc1)c1ccc2n1CCC2C(=O)O. The van der Waals surface area contributed by atoms with Gasteiger partial charge in [-0.25, -0.2) is 0 Å². The van der Waals surface area contributed by atoms with Crippen LogP contribution in [0.2, 0.25) is 0 Å². The van der Waals surface area contributed by atoms with Crippen LogP contribution in [-0.4, -0.2) is 34.6 Å². The minimum absolute atomic E-state index is 0.124. The Balaban J connectivity index is 1.35. The maximum absolute atomic E-state index is 12.8. The van der Waals surface area contributed by atoms with Crippen molar-refractivity contribution in [3.05, 3.63) is 83.7 Å². The van der Waals surface area contributed by atoms with E-state index in [1.807, 2.05) is 34.9 Å². The van der Waals surface area contributed by atoms with E-state index in [-0.39, 0.29) is 5.78 Å². The Bertz CT molecular complexity index is 1010. The number of rotatable bonds is 8. The fourth-order valence-electron chi connectivity index (χ4n) is 3.58. The summed E-state index contributed by atoms with van der Waals surface area (Å²) in [4.78, 5) is 24.2. The van der Waals surface area contributed by atoms with Gasteiger partial charge in [-0.2, -0.15) is 0 Å². The zero-order chi connectivity index (χ0) is 20.2. The van der Waals surface area contributed by atoms with Crippen LogP contribution >= 0.6 is 0 Å². The highest BCUT2D eigenvalue weighted by Crippen LogP contribution is 2.31. The van der Waals surface area contributed by atoms with Gasteiger partial charge < -0.3 is 19.1 Å². The minimum atomic E-state index is -0.849. The van der Waals surface area contributed by atoms with Crippen molar-refractivity contribution in [3.8, 4) is 11.5 Å². The van der Waals surface area contributed by atoms with Gasteiger partial charge >= 0.3 is 5.97 Å². The van der Waals surface area contributed by atoms with Gasteiger partial charge in [0, 0.05) is 17.8 Å². The van der Waals surface area contributed by atoms with E-state index in [4.69, 9.17) is 9.47 Å². The highest BCUT2D eigenvalue weighted by atomic mass is 16.5. The number of carbonyl (C=O) groups is 2. The Morgan fingerprint density at radius 1 is 0.897 bits per heavy atom. The van der Waals surface area contributed by atoms with Gasteiger partial charge in [-0.05, 0) is 55.0 Å². The van der Waals surface area contributed by atoms with Gasteiger partial charge in [-0.1, -0.05) is 18.2 Å². The first-order valence-corrected chi connectivity index (χ1v) is 9.51. The normalized spacial score (nSPS) is 15.0. The molecule has 1 aliphatic heterocycles. The third-order valence-electron chi connectivity index (χ3n) is 5.02. The summed E-state index contributed by atoms with van der Waals surface area (Å²) >= 11 is 0. The number of benzene rings is 2. The van der Waals surface area contributed by atoms with Gasteiger partial charge in [0.15, 0.2) is 0 Å². The van der Waals surface area contributed by atoms with Gasteiger partial charge in [0.2, 0.25) is 5.78 Å². The molecule has 1 unspecified atom stereocenters. The molecule has 6 nitrogen and oxygen atoms in total. The predicted octanol–water partition coefficient (Wildman–Crippen LogP) is 3.75. The second-order valence-electron chi connectivity index (χ2n) is 6.84. The largest absolute Gasteiger partial charge is 0.490 e. The number of aliphatic carboxylic acids is 1. The second kappa shape index (κ2) is 8.22. The quantitative estimate of drug-likeness (QED) is 0.467. The molecule has 1 aromatic heterocycles. The molecule has 0 bridgehead atoms. The highest BCUT2D eigenvalue weighted by molar-refractivity contribution is 6.08.